The van der Waals surface area contributed by atoms with Crippen molar-refractivity contribution in [1.29, 1.82) is 0 Å². The molecular weight excluding hydrogens is 561 g/mol. The molecule has 1 atom stereocenters. The Kier molecular flexibility index (Phi) is 10.2. The molecule has 0 bridgehead atoms. The molecule has 1 aromatic carbocycles. The van der Waals surface area contributed by atoms with Crippen molar-refractivity contribution < 1.29 is 19.6 Å². The number of ether oxygens (including phenoxy) is 1. The number of nitrogens with two attached hydrogens (primary N) is 1. The van der Waals surface area contributed by atoms with Crippen LogP contribution in [0.3, 0.4) is 0 Å². The van der Waals surface area contributed by atoms with Crippen molar-refractivity contribution in [2.24, 2.45) is 0 Å². The Balaban J connectivity index is 1.41. The zero-order valence-electron chi connectivity index (χ0n) is 21.7. The number of aromatic nitrogens is 2. The van der Waals surface area contributed by atoms with E-state index in [0.717, 1.165) is 13.1 Å². The average molecular weight is 592 g/mol. The second kappa shape index (κ2) is 13.8. The number of amides is 1. The molecule has 14 heteroatoms. The number of aliphatic hydroxyl groups is 1. The zero-order chi connectivity index (χ0) is 28.6. The van der Waals surface area contributed by atoms with E-state index in [-0.39, 0.29) is 24.0 Å². The van der Waals surface area contributed by atoms with Gasteiger partial charge >= 0.3 is 5.69 Å². The molecule has 12 nitrogen and oxygen atoms in total. The Morgan fingerprint density at radius 3 is 2.67 bits per heavy atom. The number of nitrogens with zero attached hydrogens (tertiary/aromatic N) is 4. The minimum absolute atomic E-state index is 0.102. The molecule has 5 N–H and O–H groups in total. The van der Waals surface area contributed by atoms with Gasteiger partial charge in [-0.05, 0) is 24.6 Å². The number of aliphatic hydroxyl groups excluding tert-OH is 1. The van der Waals surface area contributed by atoms with Crippen LogP contribution in [0, 0.1) is 10.1 Å². The molecule has 1 saturated heterocycles. The number of aryl methyl sites for hydroxylation is 1. The number of halogens is 2. The SMILES string of the molecule is Nc1nc(NCCCn2cc(C(=O)NCC(O)CN3CCOCC3)c(-c3ccc(Cl)cc3Cl)c2)ccc1[N+](=O)[O-]. The van der Waals surface area contributed by atoms with Gasteiger partial charge in [-0.15, -0.1) is 0 Å². The molecule has 3 heterocycles. The Hall–Kier alpha value is -3.42. The lowest BCUT2D eigenvalue weighted by molar-refractivity contribution is -0.384. The minimum Gasteiger partial charge on any atom is -0.390 e. The number of rotatable bonds is 12. The number of benzene rings is 1. The highest BCUT2D eigenvalue weighted by Crippen LogP contribution is 2.33. The summed E-state index contributed by atoms with van der Waals surface area (Å²) in [6.45, 7) is 4.37. The molecule has 214 valence electrons. The summed E-state index contributed by atoms with van der Waals surface area (Å²) in [4.78, 5) is 29.7. The molecule has 40 heavy (non-hydrogen) atoms. The first-order chi connectivity index (χ1) is 19.2. The highest BCUT2D eigenvalue weighted by atomic mass is 35.5. The number of carbonyl (C=O) groups is 1. The number of β-amino-alcohol motifs (C(OH)–C–C–N with tert-alkyl or cyclic N) is 1. The zero-order valence-corrected chi connectivity index (χ0v) is 23.2. The summed E-state index contributed by atoms with van der Waals surface area (Å²) in [5.74, 6) is -0.0555. The largest absolute Gasteiger partial charge is 0.390 e. The molecule has 0 aliphatic carbocycles. The summed E-state index contributed by atoms with van der Waals surface area (Å²) in [5.41, 5.74) is 7.13. The Morgan fingerprint density at radius 2 is 1.98 bits per heavy atom. The number of hydrogen-bond donors (Lipinski definition) is 4. The molecular formula is C26H31Cl2N7O5. The average Bonchev–Trinajstić information content (AvgIpc) is 3.34. The van der Waals surface area contributed by atoms with Gasteiger partial charge in [0.1, 0.15) is 5.82 Å². The first kappa shape index (κ1) is 29.6. The predicted octanol–water partition coefficient (Wildman–Crippen LogP) is 3.27. The first-order valence-electron chi connectivity index (χ1n) is 12.8. The van der Waals surface area contributed by atoms with Crippen molar-refractivity contribution in [2.75, 3.05) is 57.0 Å². The monoisotopic (exact) mass is 591 g/mol. The number of nitro groups is 1. The van der Waals surface area contributed by atoms with Gasteiger partial charge in [0.05, 0.1) is 29.8 Å². The highest BCUT2D eigenvalue weighted by Gasteiger charge is 2.20. The summed E-state index contributed by atoms with van der Waals surface area (Å²) in [7, 11) is 0. The topological polar surface area (TPSA) is 161 Å². The van der Waals surface area contributed by atoms with Crippen LogP contribution in [0.1, 0.15) is 16.8 Å². The minimum atomic E-state index is -0.722. The van der Waals surface area contributed by atoms with Crippen molar-refractivity contribution in [3.63, 3.8) is 0 Å². The number of morpholine rings is 1. The van der Waals surface area contributed by atoms with Gasteiger partial charge in [0.15, 0.2) is 0 Å². The molecule has 2 aromatic heterocycles. The molecule has 0 saturated carbocycles. The van der Waals surface area contributed by atoms with E-state index in [4.69, 9.17) is 33.7 Å². The highest BCUT2D eigenvalue weighted by molar-refractivity contribution is 6.36. The lowest BCUT2D eigenvalue weighted by Gasteiger charge is -2.28. The number of nitrogens with one attached hydrogen (secondary N) is 2. The van der Waals surface area contributed by atoms with Crippen LogP contribution in [-0.4, -0.2) is 82.4 Å². The number of anilines is 2. The van der Waals surface area contributed by atoms with E-state index in [1.54, 1.807) is 24.4 Å². The molecule has 1 amide bonds. The van der Waals surface area contributed by atoms with Crippen LogP contribution < -0.4 is 16.4 Å². The van der Waals surface area contributed by atoms with Gasteiger partial charge in [-0.25, -0.2) is 4.98 Å². The van der Waals surface area contributed by atoms with Crippen LogP contribution in [0.15, 0.2) is 42.7 Å². The third-order valence-electron chi connectivity index (χ3n) is 6.42. The Labute approximate surface area is 241 Å². The number of nitrogen functional groups attached to an aromatic ring is 1. The summed E-state index contributed by atoms with van der Waals surface area (Å²) in [5, 5.41) is 28.2. The van der Waals surface area contributed by atoms with Gasteiger partial charge in [-0.2, -0.15) is 0 Å². The van der Waals surface area contributed by atoms with E-state index in [1.807, 2.05) is 10.8 Å². The summed E-state index contributed by atoms with van der Waals surface area (Å²) < 4.78 is 7.22. The van der Waals surface area contributed by atoms with E-state index < -0.39 is 11.0 Å². The maximum atomic E-state index is 13.2. The van der Waals surface area contributed by atoms with Gasteiger partial charge in [-0.1, -0.05) is 29.3 Å². The maximum Gasteiger partial charge on any atom is 0.311 e. The van der Waals surface area contributed by atoms with Crippen molar-refractivity contribution in [3.05, 3.63) is 68.4 Å². The van der Waals surface area contributed by atoms with Crippen molar-refractivity contribution in [3.8, 4) is 11.1 Å². The third kappa shape index (κ3) is 7.83. The first-order valence-corrected chi connectivity index (χ1v) is 13.5. The molecule has 4 rings (SSSR count). The molecule has 0 radical (unpaired) electrons. The molecule has 1 aliphatic rings. The van der Waals surface area contributed by atoms with Crippen LogP contribution in [0.2, 0.25) is 10.0 Å². The normalized spacial score (nSPS) is 14.6. The Bertz CT molecular complexity index is 1350. The number of hydrogen-bond acceptors (Lipinski definition) is 9. The summed E-state index contributed by atoms with van der Waals surface area (Å²) in [6.07, 6.45) is 3.52. The fraction of sp³-hybridized carbons (Fsp3) is 0.385. The van der Waals surface area contributed by atoms with Gasteiger partial charge in [0, 0.05) is 78.9 Å². The maximum absolute atomic E-state index is 13.2. The van der Waals surface area contributed by atoms with Crippen molar-refractivity contribution in [2.45, 2.75) is 19.1 Å². The lowest BCUT2D eigenvalue weighted by atomic mass is 10.0. The lowest BCUT2D eigenvalue weighted by Crippen LogP contribution is -2.44. The predicted molar refractivity (Wildman–Crippen MR) is 154 cm³/mol. The van der Waals surface area contributed by atoms with E-state index >= 15 is 0 Å². The molecule has 0 spiro atoms. The summed E-state index contributed by atoms with van der Waals surface area (Å²) >= 11 is 12.6. The van der Waals surface area contributed by atoms with Crippen LogP contribution in [0.25, 0.3) is 11.1 Å². The molecule has 1 aliphatic heterocycles. The van der Waals surface area contributed by atoms with Gasteiger partial charge in [0.2, 0.25) is 5.82 Å². The van der Waals surface area contributed by atoms with Crippen molar-refractivity contribution >= 4 is 46.4 Å². The van der Waals surface area contributed by atoms with E-state index in [1.165, 1.54) is 12.1 Å². The number of pyridine rings is 1. The standard InChI is InChI=1S/C26H31Cl2N7O5/c27-17-2-3-19(22(28)12-17)20-15-34(7-1-6-30-24-5-4-23(35(38)39)25(29)32-24)16-21(20)26(37)31-13-18(36)14-33-8-10-40-11-9-33/h2-5,12,15-16,18,36H,1,6-11,13-14H2,(H,31,37)(H3,29,30,32). The van der Waals surface area contributed by atoms with Gasteiger partial charge in [0.25, 0.3) is 5.91 Å². The fourth-order valence-electron chi connectivity index (χ4n) is 4.39. The molecule has 1 unspecified atom stereocenters. The second-order valence-electron chi connectivity index (χ2n) is 9.36. The van der Waals surface area contributed by atoms with Crippen LogP contribution in [0.5, 0.6) is 0 Å². The van der Waals surface area contributed by atoms with E-state index in [9.17, 15) is 20.0 Å². The summed E-state index contributed by atoms with van der Waals surface area (Å²) in [6, 6.07) is 7.90. The van der Waals surface area contributed by atoms with Gasteiger partial charge in [-0.3, -0.25) is 19.8 Å². The second-order valence-corrected chi connectivity index (χ2v) is 10.2. The molecule has 3 aromatic rings. The third-order valence-corrected chi connectivity index (χ3v) is 6.96. The van der Waals surface area contributed by atoms with Crippen molar-refractivity contribution in [1.82, 2.24) is 19.8 Å². The van der Waals surface area contributed by atoms with E-state index in [2.05, 4.69) is 20.5 Å². The van der Waals surface area contributed by atoms with E-state index in [0.29, 0.717) is 71.8 Å². The molecule has 1 fully saturated rings. The smallest absolute Gasteiger partial charge is 0.311 e. The quantitative estimate of drug-likeness (QED) is 0.141. The van der Waals surface area contributed by atoms with Crippen LogP contribution in [-0.2, 0) is 11.3 Å². The Morgan fingerprint density at radius 1 is 1.20 bits per heavy atom. The van der Waals surface area contributed by atoms with Crippen LogP contribution >= 0.6 is 23.2 Å². The van der Waals surface area contributed by atoms with Gasteiger partial charge < -0.3 is 30.8 Å². The number of carbonyl (C=O) groups excluding carboxylic acids is 1. The van der Waals surface area contributed by atoms with Crippen LogP contribution in [0.4, 0.5) is 17.3 Å². The fourth-order valence-corrected chi connectivity index (χ4v) is 4.90.